The summed E-state index contributed by atoms with van der Waals surface area (Å²) in [6, 6.07) is 5.01. The highest BCUT2D eigenvalue weighted by molar-refractivity contribution is 7.89. The first-order valence-electron chi connectivity index (χ1n) is 6.83. The van der Waals surface area contributed by atoms with Crippen molar-refractivity contribution >= 4 is 10.0 Å². The van der Waals surface area contributed by atoms with E-state index in [2.05, 4.69) is 4.72 Å². The van der Waals surface area contributed by atoms with E-state index in [1.54, 1.807) is 19.1 Å². The maximum absolute atomic E-state index is 12.1. The summed E-state index contributed by atoms with van der Waals surface area (Å²) < 4.78 is 63.1. The predicted octanol–water partition coefficient (Wildman–Crippen LogP) is 2.47. The van der Waals surface area contributed by atoms with Crippen LogP contribution in [0, 0.1) is 13.8 Å². The molecule has 4 nitrogen and oxygen atoms in total. The number of benzene rings is 1. The van der Waals surface area contributed by atoms with Gasteiger partial charge in [-0.25, -0.2) is 13.1 Å². The molecule has 0 spiro atoms. The molecule has 0 unspecified atom stereocenters. The highest BCUT2D eigenvalue weighted by atomic mass is 32.2. The van der Waals surface area contributed by atoms with Gasteiger partial charge in [-0.05, 0) is 45.5 Å². The average molecular weight is 338 g/mol. The van der Waals surface area contributed by atoms with E-state index in [0.717, 1.165) is 10.5 Å². The summed E-state index contributed by atoms with van der Waals surface area (Å²) in [4.78, 5) is 1.31. The van der Waals surface area contributed by atoms with Crippen LogP contribution in [0.4, 0.5) is 13.2 Å². The molecule has 0 saturated heterocycles. The lowest BCUT2D eigenvalue weighted by Gasteiger charge is -2.18. The molecule has 0 saturated carbocycles. The topological polar surface area (TPSA) is 49.4 Å². The number of sulfonamides is 1. The largest absolute Gasteiger partial charge is 0.401 e. The predicted molar refractivity (Wildman–Crippen MR) is 79.3 cm³/mol. The average Bonchev–Trinajstić information content (AvgIpc) is 2.32. The number of hydrogen-bond donors (Lipinski definition) is 1. The van der Waals surface area contributed by atoms with Crippen LogP contribution in [0.2, 0.25) is 0 Å². The van der Waals surface area contributed by atoms with Crippen LogP contribution >= 0.6 is 0 Å². The van der Waals surface area contributed by atoms with Gasteiger partial charge in [-0.3, -0.25) is 4.90 Å². The Bertz CT molecular complexity index is 601. The van der Waals surface area contributed by atoms with Crippen LogP contribution in [-0.2, 0) is 10.0 Å². The Morgan fingerprint density at radius 2 is 1.86 bits per heavy atom. The van der Waals surface area contributed by atoms with Crippen molar-refractivity contribution in [3.63, 3.8) is 0 Å². The second kappa shape index (κ2) is 7.43. The summed E-state index contributed by atoms with van der Waals surface area (Å²) >= 11 is 0. The number of alkyl halides is 3. The standard InChI is InChI=1S/C14H21F3N2O2S/c1-11-5-6-13(12(2)9-11)22(20,21)18-7-4-8-19(3)10-14(15,16)17/h5-6,9,18H,4,7-8,10H2,1-3H3. The fourth-order valence-electron chi connectivity index (χ4n) is 2.12. The van der Waals surface area contributed by atoms with Crippen LogP contribution in [-0.4, -0.2) is 46.2 Å². The Morgan fingerprint density at radius 3 is 2.41 bits per heavy atom. The molecule has 0 heterocycles. The molecule has 1 aromatic rings. The minimum absolute atomic E-state index is 0.0951. The molecule has 0 aromatic heterocycles. The Hall–Kier alpha value is -1.12. The van der Waals surface area contributed by atoms with Gasteiger partial charge in [0, 0.05) is 6.54 Å². The van der Waals surface area contributed by atoms with Gasteiger partial charge in [0.05, 0.1) is 11.4 Å². The number of aryl methyl sites for hydroxylation is 2. The molecule has 0 atom stereocenters. The van der Waals surface area contributed by atoms with Crippen molar-refractivity contribution in [2.75, 3.05) is 26.7 Å². The number of halogens is 3. The van der Waals surface area contributed by atoms with Gasteiger partial charge in [0.25, 0.3) is 0 Å². The molecule has 0 amide bonds. The third-order valence-electron chi connectivity index (χ3n) is 3.08. The lowest BCUT2D eigenvalue weighted by Crippen LogP contribution is -2.34. The SMILES string of the molecule is Cc1ccc(S(=O)(=O)NCCCN(C)CC(F)(F)F)c(C)c1. The zero-order chi connectivity index (χ0) is 17.0. The number of nitrogens with one attached hydrogen (secondary N) is 1. The minimum atomic E-state index is -4.24. The quantitative estimate of drug-likeness (QED) is 0.777. The van der Waals surface area contributed by atoms with E-state index in [1.165, 1.54) is 13.1 Å². The Morgan fingerprint density at radius 1 is 1.23 bits per heavy atom. The van der Waals surface area contributed by atoms with Crippen LogP contribution in [0.25, 0.3) is 0 Å². The van der Waals surface area contributed by atoms with Crippen molar-refractivity contribution < 1.29 is 21.6 Å². The minimum Gasteiger partial charge on any atom is -0.298 e. The zero-order valence-corrected chi connectivity index (χ0v) is 13.7. The smallest absolute Gasteiger partial charge is 0.298 e. The maximum atomic E-state index is 12.1. The van der Waals surface area contributed by atoms with Crippen LogP contribution in [0.3, 0.4) is 0 Å². The van der Waals surface area contributed by atoms with E-state index in [4.69, 9.17) is 0 Å². The molecule has 8 heteroatoms. The van der Waals surface area contributed by atoms with Gasteiger partial charge in [-0.2, -0.15) is 13.2 Å². The molecule has 1 rings (SSSR count). The van der Waals surface area contributed by atoms with Gasteiger partial charge in [0.2, 0.25) is 10.0 Å². The van der Waals surface area contributed by atoms with Gasteiger partial charge >= 0.3 is 6.18 Å². The fourth-order valence-corrected chi connectivity index (χ4v) is 3.42. The molecule has 0 aliphatic heterocycles. The molecule has 0 fully saturated rings. The van der Waals surface area contributed by atoms with Crippen molar-refractivity contribution in [3.8, 4) is 0 Å². The van der Waals surface area contributed by atoms with Gasteiger partial charge in [0.1, 0.15) is 0 Å². The monoisotopic (exact) mass is 338 g/mol. The Labute approximate surface area is 129 Å². The zero-order valence-electron chi connectivity index (χ0n) is 12.9. The van der Waals surface area contributed by atoms with Crippen LogP contribution in [0.5, 0.6) is 0 Å². The molecule has 0 aliphatic rings. The molecule has 0 radical (unpaired) electrons. The third-order valence-corrected chi connectivity index (χ3v) is 4.70. The summed E-state index contributed by atoms with van der Waals surface area (Å²) in [6.07, 6.45) is -3.94. The molecule has 0 aliphatic carbocycles. The van der Waals surface area contributed by atoms with Crippen molar-refractivity contribution in [3.05, 3.63) is 29.3 Å². The molecule has 126 valence electrons. The van der Waals surface area contributed by atoms with Crippen LogP contribution in [0.1, 0.15) is 17.5 Å². The summed E-state index contributed by atoms with van der Waals surface area (Å²) in [5, 5.41) is 0. The summed E-state index contributed by atoms with van der Waals surface area (Å²) in [6.45, 7) is 2.83. The van der Waals surface area contributed by atoms with E-state index in [0.29, 0.717) is 12.0 Å². The number of rotatable bonds is 7. The van der Waals surface area contributed by atoms with Gasteiger partial charge in [-0.15, -0.1) is 0 Å². The van der Waals surface area contributed by atoms with Crippen molar-refractivity contribution in [2.24, 2.45) is 0 Å². The summed E-state index contributed by atoms with van der Waals surface area (Å²) in [5.41, 5.74) is 1.60. The fraction of sp³-hybridized carbons (Fsp3) is 0.571. The number of nitrogens with zero attached hydrogens (tertiary/aromatic N) is 1. The van der Waals surface area contributed by atoms with Crippen molar-refractivity contribution in [2.45, 2.75) is 31.3 Å². The van der Waals surface area contributed by atoms with Crippen LogP contribution in [0.15, 0.2) is 23.1 Å². The normalized spacial score (nSPS) is 12.9. The van der Waals surface area contributed by atoms with Gasteiger partial charge in [-0.1, -0.05) is 17.7 Å². The maximum Gasteiger partial charge on any atom is 0.401 e. The highest BCUT2D eigenvalue weighted by Gasteiger charge is 2.28. The van der Waals surface area contributed by atoms with E-state index < -0.39 is 22.7 Å². The van der Waals surface area contributed by atoms with Gasteiger partial charge < -0.3 is 0 Å². The van der Waals surface area contributed by atoms with Gasteiger partial charge in [0.15, 0.2) is 0 Å². The van der Waals surface area contributed by atoms with E-state index in [-0.39, 0.29) is 18.0 Å². The molecular weight excluding hydrogens is 317 g/mol. The molecular formula is C14H21F3N2O2S. The first-order chi connectivity index (χ1) is 10.0. The van der Waals surface area contributed by atoms with E-state index >= 15 is 0 Å². The first-order valence-corrected chi connectivity index (χ1v) is 8.32. The number of hydrogen-bond acceptors (Lipinski definition) is 3. The molecule has 1 aromatic carbocycles. The van der Waals surface area contributed by atoms with Crippen molar-refractivity contribution in [1.29, 1.82) is 0 Å². The Balaban J connectivity index is 2.50. The first kappa shape index (κ1) is 18.9. The molecule has 22 heavy (non-hydrogen) atoms. The van der Waals surface area contributed by atoms with Crippen LogP contribution < -0.4 is 4.72 Å². The molecule has 1 N–H and O–H groups in total. The summed E-state index contributed by atoms with van der Waals surface area (Å²) in [7, 11) is -2.28. The second-order valence-electron chi connectivity index (χ2n) is 5.37. The summed E-state index contributed by atoms with van der Waals surface area (Å²) in [5.74, 6) is 0. The second-order valence-corrected chi connectivity index (χ2v) is 7.11. The van der Waals surface area contributed by atoms with E-state index in [9.17, 15) is 21.6 Å². The molecule has 0 bridgehead atoms. The third kappa shape index (κ3) is 6.33. The highest BCUT2D eigenvalue weighted by Crippen LogP contribution is 2.17. The lowest BCUT2D eigenvalue weighted by molar-refractivity contribution is -0.143. The lowest BCUT2D eigenvalue weighted by atomic mass is 10.2. The van der Waals surface area contributed by atoms with Crippen molar-refractivity contribution in [1.82, 2.24) is 9.62 Å². The van der Waals surface area contributed by atoms with E-state index in [1.807, 2.05) is 6.92 Å². The Kier molecular flexibility index (Phi) is 6.39.